The molecule has 0 saturated heterocycles. The number of carbonyl (C=O) groups is 2. The maximum atomic E-state index is 12.2. The normalized spacial score (nSPS) is 11.5. The summed E-state index contributed by atoms with van der Waals surface area (Å²) in [6.07, 6.45) is 1.57. The first kappa shape index (κ1) is 20.0. The lowest BCUT2D eigenvalue weighted by atomic mass is 10.1. The summed E-state index contributed by atoms with van der Waals surface area (Å²) in [4.78, 5) is 23.3. The third-order valence-corrected chi connectivity index (χ3v) is 4.22. The molecule has 1 atom stereocenters. The van der Waals surface area contributed by atoms with E-state index in [1.165, 1.54) is 0 Å². The molecule has 5 nitrogen and oxygen atoms in total. The van der Waals surface area contributed by atoms with Gasteiger partial charge in [-0.2, -0.15) is 0 Å². The van der Waals surface area contributed by atoms with Crippen LogP contribution in [0.5, 0.6) is 11.5 Å². The van der Waals surface area contributed by atoms with Crippen LogP contribution in [0.15, 0.2) is 46.9 Å². The highest BCUT2D eigenvalue weighted by molar-refractivity contribution is 9.10. The van der Waals surface area contributed by atoms with Gasteiger partial charge in [0.2, 0.25) is 0 Å². The van der Waals surface area contributed by atoms with Crippen LogP contribution >= 0.6 is 15.9 Å². The average Bonchev–Trinajstić information content (AvgIpc) is 2.65. The van der Waals surface area contributed by atoms with Gasteiger partial charge in [-0.25, -0.2) is 0 Å². The van der Waals surface area contributed by atoms with Gasteiger partial charge in [-0.1, -0.05) is 35.0 Å². The van der Waals surface area contributed by atoms with E-state index >= 15 is 0 Å². The lowest BCUT2D eigenvalue weighted by Gasteiger charge is -2.15. The van der Waals surface area contributed by atoms with Crippen LogP contribution in [0.2, 0.25) is 0 Å². The Hall–Kier alpha value is -2.34. The van der Waals surface area contributed by atoms with E-state index in [2.05, 4.69) is 21.2 Å². The molecule has 0 heterocycles. The van der Waals surface area contributed by atoms with Crippen LogP contribution in [0, 0.1) is 0 Å². The topological polar surface area (TPSA) is 64.6 Å². The van der Waals surface area contributed by atoms with Crippen molar-refractivity contribution >= 4 is 28.1 Å². The Morgan fingerprint density at radius 3 is 2.58 bits per heavy atom. The largest absolute Gasteiger partial charge is 0.493 e. The van der Waals surface area contributed by atoms with Gasteiger partial charge in [-0.15, -0.1) is 0 Å². The van der Waals surface area contributed by atoms with Crippen molar-refractivity contribution in [2.75, 3.05) is 13.2 Å². The third kappa shape index (κ3) is 5.88. The fourth-order valence-electron chi connectivity index (χ4n) is 2.31. The second-order valence-corrected chi connectivity index (χ2v) is 6.71. The summed E-state index contributed by atoms with van der Waals surface area (Å²) in [5.74, 6) is 0.674. The molecule has 0 unspecified atom stereocenters. The van der Waals surface area contributed by atoms with Crippen molar-refractivity contribution in [2.24, 2.45) is 0 Å². The Balaban J connectivity index is 1.95. The molecule has 0 radical (unpaired) electrons. The molecule has 1 amide bonds. The van der Waals surface area contributed by atoms with Crippen LogP contribution in [0.25, 0.3) is 0 Å². The Labute approximate surface area is 161 Å². The smallest absolute Gasteiger partial charge is 0.258 e. The first-order valence-corrected chi connectivity index (χ1v) is 9.22. The first-order chi connectivity index (χ1) is 12.5. The number of benzene rings is 2. The molecule has 0 spiro atoms. The van der Waals surface area contributed by atoms with E-state index in [1.54, 1.807) is 18.2 Å². The Bertz CT molecular complexity index is 746. The predicted octanol–water partition coefficient (Wildman–Crippen LogP) is 4.31. The molecular weight excluding hydrogens is 398 g/mol. The van der Waals surface area contributed by atoms with Crippen molar-refractivity contribution in [1.82, 2.24) is 5.32 Å². The number of aldehydes is 1. The molecular formula is C20H22BrNO4. The van der Waals surface area contributed by atoms with E-state index in [0.717, 1.165) is 16.5 Å². The second-order valence-electron chi connectivity index (χ2n) is 5.80. The van der Waals surface area contributed by atoms with Gasteiger partial charge < -0.3 is 14.8 Å². The van der Waals surface area contributed by atoms with Crippen molar-refractivity contribution < 1.29 is 19.1 Å². The van der Waals surface area contributed by atoms with Gasteiger partial charge >= 0.3 is 0 Å². The lowest BCUT2D eigenvalue weighted by molar-refractivity contribution is -0.123. The Morgan fingerprint density at radius 1 is 1.19 bits per heavy atom. The molecule has 0 bridgehead atoms. The maximum absolute atomic E-state index is 12.2. The maximum Gasteiger partial charge on any atom is 0.258 e. The molecule has 2 aromatic rings. The molecule has 2 aromatic carbocycles. The SMILES string of the molecule is CCCOc1ccc(C=O)c(OCC(=O)N[C@H](C)c2ccc(Br)cc2)c1. The van der Waals surface area contributed by atoms with Crippen LogP contribution in [0.3, 0.4) is 0 Å². The number of ether oxygens (including phenoxy) is 2. The van der Waals surface area contributed by atoms with Gasteiger partial charge in [0.15, 0.2) is 12.9 Å². The summed E-state index contributed by atoms with van der Waals surface area (Å²) in [5, 5.41) is 2.87. The Morgan fingerprint density at radius 2 is 1.92 bits per heavy atom. The quantitative estimate of drug-likeness (QED) is 0.615. The van der Waals surface area contributed by atoms with Crippen molar-refractivity contribution in [3.05, 3.63) is 58.1 Å². The molecule has 0 saturated carbocycles. The number of rotatable bonds is 9. The molecule has 6 heteroatoms. The summed E-state index contributed by atoms with van der Waals surface area (Å²) >= 11 is 3.39. The minimum Gasteiger partial charge on any atom is -0.493 e. The molecule has 0 aliphatic heterocycles. The highest BCUT2D eigenvalue weighted by Crippen LogP contribution is 2.24. The molecule has 0 fully saturated rings. The lowest BCUT2D eigenvalue weighted by Crippen LogP contribution is -2.31. The third-order valence-electron chi connectivity index (χ3n) is 3.69. The minimum atomic E-state index is -0.267. The standard InChI is InChI=1S/C20H22BrNO4/c1-3-10-25-18-9-6-16(12-23)19(11-18)26-13-20(24)22-14(2)15-4-7-17(21)8-5-15/h4-9,11-12,14H,3,10,13H2,1-2H3,(H,22,24)/t14-/m1/s1. The number of nitrogens with one attached hydrogen (secondary N) is 1. The van der Waals surface area contributed by atoms with Crippen molar-refractivity contribution in [3.63, 3.8) is 0 Å². The van der Waals surface area contributed by atoms with Crippen LogP contribution in [0.1, 0.15) is 42.2 Å². The summed E-state index contributed by atoms with van der Waals surface area (Å²) in [6, 6.07) is 12.5. The van der Waals surface area contributed by atoms with E-state index < -0.39 is 0 Å². The Kier molecular flexibility index (Phi) is 7.66. The van der Waals surface area contributed by atoms with Gasteiger partial charge in [-0.05, 0) is 43.2 Å². The minimum absolute atomic E-state index is 0.149. The number of hydrogen-bond acceptors (Lipinski definition) is 4. The zero-order valence-electron chi connectivity index (χ0n) is 14.8. The summed E-state index contributed by atoms with van der Waals surface area (Å²) in [5.41, 5.74) is 1.37. The van der Waals surface area contributed by atoms with Crippen molar-refractivity contribution in [2.45, 2.75) is 26.3 Å². The highest BCUT2D eigenvalue weighted by atomic mass is 79.9. The zero-order chi connectivity index (χ0) is 18.9. The monoisotopic (exact) mass is 419 g/mol. The number of carbonyl (C=O) groups excluding carboxylic acids is 2. The number of amides is 1. The van der Waals surface area contributed by atoms with Gasteiger partial charge in [-0.3, -0.25) is 9.59 Å². The van der Waals surface area contributed by atoms with Crippen LogP contribution in [0.4, 0.5) is 0 Å². The zero-order valence-corrected chi connectivity index (χ0v) is 16.4. The summed E-state index contributed by atoms with van der Waals surface area (Å²) in [7, 11) is 0. The van der Waals surface area contributed by atoms with E-state index in [1.807, 2.05) is 38.1 Å². The van der Waals surface area contributed by atoms with Crippen molar-refractivity contribution in [1.29, 1.82) is 0 Å². The van der Waals surface area contributed by atoms with E-state index in [9.17, 15) is 9.59 Å². The van der Waals surface area contributed by atoms with Gasteiger partial charge in [0.25, 0.3) is 5.91 Å². The molecule has 0 aromatic heterocycles. The van der Waals surface area contributed by atoms with E-state index in [4.69, 9.17) is 9.47 Å². The predicted molar refractivity (Wildman–Crippen MR) is 104 cm³/mol. The summed E-state index contributed by atoms with van der Waals surface area (Å²) in [6.45, 7) is 4.30. The molecule has 2 rings (SSSR count). The summed E-state index contributed by atoms with van der Waals surface area (Å²) < 4.78 is 12.1. The fraction of sp³-hybridized carbons (Fsp3) is 0.300. The molecule has 1 N–H and O–H groups in total. The molecule has 0 aliphatic rings. The van der Waals surface area contributed by atoms with E-state index in [0.29, 0.717) is 30.0 Å². The van der Waals surface area contributed by atoms with Crippen LogP contribution in [-0.4, -0.2) is 25.4 Å². The number of hydrogen-bond donors (Lipinski definition) is 1. The second kappa shape index (κ2) is 9.97. The highest BCUT2D eigenvalue weighted by Gasteiger charge is 2.12. The van der Waals surface area contributed by atoms with Gasteiger partial charge in [0.1, 0.15) is 11.5 Å². The molecule has 26 heavy (non-hydrogen) atoms. The molecule has 0 aliphatic carbocycles. The fourth-order valence-corrected chi connectivity index (χ4v) is 2.57. The van der Waals surface area contributed by atoms with Crippen LogP contribution in [-0.2, 0) is 4.79 Å². The number of halogens is 1. The first-order valence-electron chi connectivity index (χ1n) is 8.43. The van der Waals surface area contributed by atoms with Crippen LogP contribution < -0.4 is 14.8 Å². The van der Waals surface area contributed by atoms with Gasteiger partial charge in [0.05, 0.1) is 18.2 Å². The molecule has 138 valence electrons. The van der Waals surface area contributed by atoms with Crippen molar-refractivity contribution in [3.8, 4) is 11.5 Å². The van der Waals surface area contributed by atoms with Gasteiger partial charge in [0, 0.05) is 10.5 Å². The average molecular weight is 420 g/mol. The van der Waals surface area contributed by atoms with E-state index in [-0.39, 0.29) is 18.6 Å².